The lowest BCUT2D eigenvalue weighted by atomic mass is 10.1. The molecule has 0 saturated heterocycles. The molecule has 26 heavy (non-hydrogen) atoms. The average molecular weight is 342 g/mol. The summed E-state index contributed by atoms with van der Waals surface area (Å²) in [6.45, 7) is 0.857. The molecule has 4 rings (SSSR count). The van der Waals surface area contributed by atoms with E-state index in [-0.39, 0.29) is 11.8 Å². The monoisotopic (exact) mass is 342 g/mol. The number of rotatable bonds is 5. The molecule has 0 spiro atoms. The third kappa shape index (κ3) is 2.86. The van der Waals surface area contributed by atoms with Crippen LogP contribution in [-0.4, -0.2) is 29.8 Å². The highest BCUT2D eigenvalue weighted by Crippen LogP contribution is 2.26. The van der Waals surface area contributed by atoms with Crippen LogP contribution in [-0.2, 0) is 0 Å². The van der Waals surface area contributed by atoms with E-state index in [1.807, 2.05) is 60.7 Å². The van der Waals surface area contributed by atoms with Crippen molar-refractivity contribution in [1.29, 1.82) is 0 Å². The quantitative estimate of drug-likeness (QED) is 0.655. The van der Waals surface area contributed by atoms with Crippen LogP contribution in [0.2, 0.25) is 0 Å². The summed E-state index contributed by atoms with van der Waals surface area (Å²) in [6.07, 6.45) is 0. The van der Waals surface area contributed by atoms with Crippen molar-refractivity contribution in [2.75, 3.05) is 18.0 Å². The van der Waals surface area contributed by atoms with E-state index in [4.69, 9.17) is 0 Å². The van der Waals surface area contributed by atoms with E-state index in [1.165, 1.54) is 4.90 Å². The van der Waals surface area contributed by atoms with Crippen LogP contribution in [0.3, 0.4) is 0 Å². The third-order valence-electron chi connectivity index (χ3n) is 4.56. The fourth-order valence-corrected chi connectivity index (χ4v) is 3.27. The van der Waals surface area contributed by atoms with Crippen molar-refractivity contribution in [2.24, 2.45) is 0 Å². The smallest absolute Gasteiger partial charge is 0.261 e. The molecule has 0 unspecified atom stereocenters. The summed E-state index contributed by atoms with van der Waals surface area (Å²) in [7, 11) is 0. The Labute approximate surface area is 152 Å². The maximum absolute atomic E-state index is 12.6. The third-order valence-corrected chi connectivity index (χ3v) is 4.56. The summed E-state index contributed by atoms with van der Waals surface area (Å²) >= 11 is 0. The molecular weight excluding hydrogens is 324 g/mol. The van der Waals surface area contributed by atoms with E-state index >= 15 is 0 Å². The Morgan fingerprint density at radius 3 is 1.50 bits per heavy atom. The minimum absolute atomic E-state index is 0.216. The molecule has 2 amide bonds. The van der Waals surface area contributed by atoms with Crippen LogP contribution < -0.4 is 4.90 Å². The van der Waals surface area contributed by atoms with Crippen molar-refractivity contribution in [1.82, 2.24) is 4.90 Å². The summed E-state index contributed by atoms with van der Waals surface area (Å²) in [4.78, 5) is 28.6. The highest BCUT2D eigenvalue weighted by Gasteiger charge is 2.35. The predicted molar refractivity (Wildman–Crippen MR) is 102 cm³/mol. The van der Waals surface area contributed by atoms with Gasteiger partial charge in [-0.05, 0) is 36.4 Å². The molecule has 0 N–H and O–H groups in total. The van der Waals surface area contributed by atoms with Gasteiger partial charge in [0.25, 0.3) is 11.8 Å². The first kappa shape index (κ1) is 16.1. The highest BCUT2D eigenvalue weighted by molar-refractivity contribution is 6.21. The number of anilines is 2. The van der Waals surface area contributed by atoms with Gasteiger partial charge >= 0.3 is 0 Å². The molecule has 0 bridgehead atoms. The summed E-state index contributed by atoms with van der Waals surface area (Å²) < 4.78 is 0. The van der Waals surface area contributed by atoms with Crippen LogP contribution in [0.4, 0.5) is 11.4 Å². The Kier molecular flexibility index (Phi) is 4.23. The summed E-state index contributed by atoms with van der Waals surface area (Å²) in [5.41, 5.74) is 3.03. The van der Waals surface area contributed by atoms with E-state index in [0.717, 1.165) is 11.4 Å². The van der Waals surface area contributed by atoms with Gasteiger partial charge < -0.3 is 4.90 Å². The van der Waals surface area contributed by atoms with Crippen molar-refractivity contribution in [3.63, 3.8) is 0 Å². The molecule has 0 atom stereocenters. The minimum atomic E-state index is -0.216. The molecule has 4 heteroatoms. The molecule has 0 aromatic heterocycles. The molecule has 0 radical (unpaired) electrons. The molecule has 0 fully saturated rings. The molecule has 3 aromatic carbocycles. The number of imide groups is 1. The first-order chi connectivity index (χ1) is 12.8. The fraction of sp³-hybridized carbons (Fsp3) is 0.0909. The summed E-state index contributed by atoms with van der Waals surface area (Å²) in [5, 5.41) is 0. The molecular formula is C22H18N2O2. The number of nitrogens with zero attached hydrogens (tertiary/aromatic N) is 2. The molecule has 128 valence electrons. The van der Waals surface area contributed by atoms with Crippen LogP contribution in [0.1, 0.15) is 20.7 Å². The fourth-order valence-electron chi connectivity index (χ4n) is 3.27. The normalized spacial score (nSPS) is 13.0. The van der Waals surface area contributed by atoms with E-state index in [0.29, 0.717) is 24.2 Å². The van der Waals surface area contributed by atoms with Gasteiger partial charge in [0.15, 0.2) is 0 Å². The second-order valence-corrected chi connectivity index (χ2v) is 6.13. The first-order valence-electron chi connectivity index (χ1n) is 8.58. The topological polar surface area (TPSA) is 40.6 Å². The molecule has 4 nitrogen and oxygen atoms in total. The average Bonchev–Trinajstić information content (AvgIpc) is 2.95. The van der Waals surface area contributed by atoms with Crippen molar-refractivity contribution in [2.45, 2.75) is 0 Å². The molecule has 0 aliphatic carbocycles. The Morgan fingerprint density at radius 1 is 0.615 bits per heavy atom. The van der Waals surface area contributed by atoms with Crippen LogP contribution in [0, 0.1) is 0 Å². The Balaban J connectivity index is 1.58. The lowest BCUT2D eigenvalue weighted by Crippen LogP contribution is -2.36. The lowest BCUT2D eigenvalue weighted by molar-refractivity contribution is 0.0659. The van der Waals surface area contributed by atoms with Gasteiger partial charge in [-0.15, -0.1) is 0 Å². The van der Waals surface area contributed by atoms with Crippen molar-refractivity contribution in [3.8, 4) is 0 Å². The van der Waals surface area contributed by atoms with Gasteiger partial charge in [-0.3, -0.25) is 14.5 Å². The van der Waals surface area contributed by atoms with Gasteiger partial charge in [-0.1, -0.05) is 48.5 Å². The number of carbonyl (C=O) groups is 2. The first-order valence-corrected chi connectivity index (χ1v) is 8.58. The van der Waals surface area contributed by atoms with Crippen molar-refractivity contribution < 1.29 is 9.59 Å². The molecule has 3 aromatic rings. The molecule has 1 aliphatic heterocycles. The standard InChI is InChI=1S/C22H18N2O2/c25-21-19-13-7-8-14-20(19)22(26)24(21)16-15-23(17-9-3-1-4-10-17)18-11-5-2-6-12-18/h1-14H,15-16H2. The van der Waals surface area contributed by atoms with Crippen LogP contribution in [0.25, 0.3) is 0 Å². The Morgan fingerprint density at radius 2 is 1.04 bits per heavy atom. The maximum atomic E-state index is 12.6. The summed E-state index contributed by atoms with van der Waals surface area (Å²) in [5.74, 6) is -0.432. The highest BCUT2D eigenvalue weighted by atomic mass is 16.2. The van der Waals surface area contributed by atoms with Gasteiger partial charge in [0, 0.05) is 24.5 Å². The Hall–Kier alpha value is -3.40. The number of carbonyl (C=O) groups excluding carboxylic acids is 2. The van der Waals surface area contributed by atoms with Crippen LogP contribution >= 0.6 is 0 Å². The number of benzene rings is 3. The maximum Gasteiger partial charge on any atom is 0.261 e. The van der Waals surface area contributed by atoms with Crippen molar-refractivity contribution >= 4 is 23.2 Å². The van der Waals surface area contributed by atoms with E-state index in [9.17, 15) is 9.59 Å². The van der Waals surface area contributed by atoms with E-state index < -0.39 is 0 Å². The molecule has 0 saturated carbocycles. The van der Waals surface area contributed by atoms with E-state index in [1.54, 1.807) is 24.3 Å². The second kappa shape index (κ2) is 6.84. The Bertz CT molecular complexity index is 864. The van der Waals surface area contributed by atoms with Gasteiger partial charge in [0.05, 0.1) is 11.1 Å². The van der Waals surface area contributed by atoms with Gasteiger partial charge in [-0.2, -0.15) is 0 Å². The zero-order valence-electron chi connectivity index (χ0n) is 14.2. The van der Waals surface area contributed by atoms with Gasteiger partial charge in [-0.25, -0.2) is 0 Å². The molecule has 1 aliphatic rings. The predicted octanol–water partition coefficient (Wildman–Crippen LogP) is 4.12. The number of amides is 2. The van der Waals surface area contributed by atoms with Crippen LogP contribution in [0.15, 0.2) is 84.9 Å². The molecule has 1 heterocycles. The van der Waals surface area contributed by atoms with E-state index in [2.05, 4.69) is 4.90 Å². The zero-order valence-corrected chi connectivity index (χ0v) is 14.2. The van der Waals surface area contributed by atoms with Gasteiger partial charge in [0.1, 0.15) is 0 Å². The summed E-state index contributed by atoms with van der Waals surface area (Å²) in [6, 6.07) is 26.9. The second-order valence-electron chi connectivity index (χ2n) is 6.13. The SMILES string of the molecule is O=C1c2ccccc2C(=O)N1CCN(c1ccccc1)c1ccccc1. The van der Waals surface area contributed by atoms with Crippen LogP contribution in [0.5, 0.6) is 0 Å². The number of hydrogen-bond donors (Lipinski definition) is 0. The largest absolute Gasteiger partial charge is 0.340 e. The van der Waals surface area contributed by atoms with Crippen molar-refractivity contribution in [3.05, 3.63) is 96.1 Å². The lowest BCUT2D eigenvalue weighted by Gasteiger charge is -2.27. The minimum Gasteiger partial charge on any atom is -0.340 e. The zero-order chi connectivity index (χ0) is 17.9. The number of fused-ring (bicyclic) bond motifs is 1. The van der Waals surface area contributed by atoms with Gasteiger partial charge in [0.2, 0.25) is 0 Å². The number of hydrogen-bond acceptors (Lipinski definition) is 3. The number of para-hydroxylation sites is 2.